The van der Waals surface area contributed by atoms with E-state index in [1.54, 1.807) is 0 Å². The number of hydrogen-bond acceptors (Lipinski definition) is 3. The molecule has 3 N–H and O–H groups in total. The van der Waals surface area contributed by atoms with Gasteiger partial charge in [-0.25, -0.2) is 0 Å². The molecule has 1 amide bonds. The summed E-state index contributed by atoms with van der Waals surface area (Å²) in [6.45, 7) is 6.14. The predicted octanol–water partition coefficient (Wildman–Crippen LogP) is 2.21. The third-order valence-corrected chi connectivity index (χ3v) is 4.12. The smallest absolute Gasteiger partial charge is 0.255 e. The van der Waals surface area contributed by atoms with Gasteiger partial charge in [0.1, 0.15) is 11.5 Å². The quantitative estimate of drug-likeness (QED) is 0.864. The zero-order valence-corrected chi connectivity index (χ0v) is 11.4. The number of hydrogen-bond donors (Lipinski definition) is 2. The fourth-order valence-electron chi connectivity index (χ4n) is 2.86. The van der Waals surface area contributed by atoms with Gasteiger partial charge in [-0.05, 0) is 33.6 Å². The summed E-state index contributed by atoms with van der Waals surface area (Å²) in [7, 11) is 0. The van der Waals surface area contributed by atoms with Crippen LogP contribution in [0.2, 0.25) is 0 Å². The molecule has 1 saturated carbocycles. The number of carbonyl (C=O) groups is 1. The van der Waals surface area contributed by atoms with Gasteiger partial charge in [0.2, 0.25) is 0 Å². The van der Waals surface area contributed by atoms with E-state index in [1.807, 2.05) is 20.8 Å². The first kappa shape index (κ1) is 13.1. The van der Waals surface area contributed by atoms with Crippen molar-refractivity contribution >= 4 is 5.91 Å². The van der Waals surface area contributed by atoms with Gasteiger partial charge < -0.3 is 15.5 Å². The molecule has 1 heterocycles. The minimum absolute atomic E-state index is 0.0470. The maximum atomic E-state index is 12.4. The van der Waals surface area contributed by atoms with Crippen molar-refractivity contribution in [3.8, 4) is 0 Å². The molecule has 0 atom stereocenters. The Morgan fingerprint density at radius 1 is 1.28 bits per heavy atom. The molecule has 4 heteroatoms. The molecule has 0 saturated heterocycles. The molecule has 1 fully saturated rings. The van der Waals surface area contributed by atoms with Gasteiger partial charge in [0.15, 0.2) is 0 Å². The van der Waals surface area contributed by atoms with Crippen LogP contribution in [0.4, 0.5) is 0 Å². The molecule has 4 nitrogen and oxygen atoms in total. The molecule has 0 aliphatic heterocycles. The lowest BCUT2D eigenvalue weighted by Crippen LogP contribution is -2.51. The molecule has 100 valence electrons. The molecule has 0 spiro atoms. The molecular weight excluding hydrogens is 228 g/mol. The summed E-state index contributed by atoms with van der Waals surface area (Å²) in [4.78, 5) is 12.4. The highest BCUT2D eigenvalue weighted by atomic mass is 16.3. The Morgan fingerprint density at radius 2 is 1.89 bits per heavy atom. The van der Waals surface area contributed by atoms with Crippen LogP contribution < -0.4 is 11.1 Å². The topological polar surface area (TPSA) is 68.3 Å². The van der Waals surface area contributed by atoms with Crippen LogP contribution in [-0.2, 0) is 0 Å². The minimum atomic E-state index is -0.207. The third-order valence-electron chi connectivity index (χ3n) is 4.12. The van der Waals surface area contributed by atoms with E-state index in [4.69, 9.17) is 10.2 Å². The van der Waals surface area contributed by atoms with Gasteiger partial charge in [0, 0.05) is 12.1 Å². The molecule has 0 radical (unpaired) electrons. The molecule has 1 aliphatic rings. The summed E-state index contributed by atoms with van der Waals surface area (Å²) >= 11 is 0. The highest BCUT2D eigenvalue weighted by Gasteiger charge is 2.35. The number of amides is 1. The normalized spacial score (nSPS) is 18.0. The second kappa shape index (κ2) is 4.76. The van der Waals surface area contributed by atoms with Crippen LogP contribution in [0.3, 0.4) is 0 Å². The molecule has 18 heavy (non-hydrogen) atoms. The van der Waals surface area contributed by atoms with Crippen molar-refractivity contribution in [1.29, 1.82) is 0 Å². The van der Waals surface area contributed by atoms with Crippen molar-refractivity contribution in [3.63, 3.8) is 0 Å². The molecule has 0 aromatic carbocycles. The summed E-state index contributed by atoms with van der Waals surface area (Å²) < 4.78 is 5.51. The Hall–Kier alpha value is -1.29. The number of aryl methyl sites for hydroxylation is 2. The third kappa shape index (κ3) is 2.17. The Balaban J connectivity index is 2.21. The van der Waals surface area contributed by atoms with Crippen LogP contribution in [-0.4, -0.2) is 18.0 Å². The molecule has 1 aromatic rings. The van der Waals surface area contributed by atoms with Crippen molar-refractivity contribution in [2.75, 3.05) is 6.54 Å². The van der Waals surface area contributed by atoms with E-state index >= 15 is 0 Å². The van der Waals surface area contributed by atoms with Crippen molar-refractivity contribution < 1.29 is 9.21 Å². The predicted molar refractivity (Wildman–Crippen MR) is 70.6 cm³/mol. The fraction of sp³-hybridized carbons (Fsp3) is 0.643. The monoisotopic (exact) mass is 250 g/mol. The Labute approximate surface area is 108 Å². The van der Waals surface area contributed by atoms with Crippen molar-refractivity contribution in [3.05, 3.63) is 22.6 Å². The van der Waals surface area contributed by atoms with Gasteiger partial charge in [-0.15, -0.1) is 0 Å². The van der Waals surface area contributed by atoms with E-state index < -0.39 is 0 Å². The van der Waals surface area contributed by atoms with E-state index in [2.05, 4.69) is 5.32 Å². The molecule has 0 unspecified atom stereocenters. The first-order valence-electron chi connectivity index (χ1n) is 6.58. The summed E-state index contributed by atoms with van der Waals surface area (Å²) in [6.07, 6.45) is 4.23. The van der Waals surface area contributed by atoms with Crippen LogP contribution in [0.15, 0.2) is 4.42 Å². The van der Waals surface area contributed by atoms with Gasteiger partial charge in [-0.2, -0.15) is 0 Å². The first-order valence-corrected chi connectivity index (χ1v) is 6.58. The molecular formula is C14H22N2O2. The number of carbonyl (C=O) groups excluding carboxylic acids is 1. The van der Waals surface area contributed by atoms with Gasteiger partial charge in [0.25, 0.3) is 5.91 Å². The van der Waals surface area contributed by atoms with Crippen LogP contribution in [0.1, 0.15) is 53.1 Å². The maximum Gasteiger partial charge on any atom is 0.255 e. The Kier molecular flexibility index (Phi) is 3.48. The van der Waals surface area contributed by atoms with Crippen LogP contribution in [0, 0.1) is 20.8 Å². The molecule has 1 aromatic heterocycles. The highest BCUT2D eigenvalue weighted by molar-refractivity contribution is 5.97. The van der Waals surface area contributed by atoms with Crippen molar-refractivity contribution in [1.82, 2.24) is 5.32 Å². The molecule has 2 rings (SSSR count). The second-order valence-corrected chi connectivity index (χ2v) is 5.36. The van der Waals surface area contributed by atoms with Crippen LogP contribution in [0.25, 0.3) is 0 Å². The second-order valence-electron chi connectivity index (χ2n) is 5.36. The zero-order valence-electron chi connectivity index (χ0n) is 11.4. The minimum Gasteiger partial charge on any atom is -0.466 e. The Bertz CT molecular complexity index is 457. The maximum absolute atomic E-state index is 12.4. The van der Waals surface area contributed by atoms with Crippen molar-refractivity contribution in [2.45, 2.75) is 52.0 Å². The molecule has 0 bridgehead atoms. The zero-order chi connectivity index (χ0) is 13.3. The SMILES string of the molecule is Cc1oc(C)c(C(=O)NC2(CN)CCCC2)c1C. The van der Waals surface area contributed by atoms with Crippen LogP contribution >= 0.6 is 0 Å². The number of nitrogens with one attached hydrogen (secondary N) is 1. The molecule has 1 aliphatic carbocycles. The first-order chi connectivity index (χ1) is 8.49. The number of furan rings is 1. The lowest BCUT2D eigenvalue weighted by Gasteiger charge is -2.28. The van der Waals surface area contributed by atoms with E-state index in [9.17, 15) is 4.79 Å². The van der Waals surface area contributed by atoms with Gasteiger partial charge in [0.05, 0.1) is 11.1 Å². The fourth-order valence-corrected chi connectivity index (χ4v) is 2.86. The largest absolute Gasteiger partial charge is 0.466 e. The number of nitrogens with two attached hydrogens (primary N) is 1. The number of rotatable bonds is 3. The summed E-state index contributed by atoms with van der Waals surface area (Å²) in [5.74, 6) is 1.45. The van der Waals surface area contributed by atoms with E-state index in [0.717, 1.165) is 37.0 Å². The van der Waals surface area contributed by atoms with Crippen LogP contribution in [0.5, 0.6) is 0 Å². The Morgan fingerprint density at radius 3 is 2.33 bits per heavy atom. The van der Waals surface area contributed by atoms with E-state index in [1.165, 1.54) is 0 Å². The van der Waals surface area contributed by atoms with Crippen molar-refractivity contribution in [2.24, 2.45) is 5.73 Å². The highest BCUT2D eigenvalue weighted by Crippen LogP contribution is 2.30. The van der Waals surface area contributed by atoms with Gasteiger partial charge in [-0.3, -0.25) is 4.79 Å². The van der Waals surface area contributed by atoms with Gasteiger partial charge >= 0.3 is 0 Å². The summed E-state index contributed by atoms with van der Waals surface area (Å²) in [5.41, 5.74) is 7.23. The van der Waals surface area contributed by atoms with Gasteiger partial charge in [-0.1, -0.05) is 12.8 Å². The summed E-state index contributed by atoms with van der Waals surface area (Å²) in [5, 5.41) is 3.13. The summed E-state index contributed by atoms with van der Waals surface area (Å²) in [6, 6.07) is 0. The average Bonchev–Trinajstić information content (AvgIpc) is 2.86. The lowest BCUT2D eigenvalue weighted by atomic mass is 9.96. The standard InChI is InChI=1S/C14H22N2O2/c1-9-10(2)18-11(3)12(9)13(17)16-14(8-15)6-4-5-7-14/h4-8,15H2,1-3H3,(H,16,17). The lowest BCUT2D eigenvalue weighted by molar-refractivity contribution is 0.0901. The van der Waals surface area contributed by atoms with E-state index in [-0.39, 0.29) is 11.4 Å². The average molecular weight is 250 g/mol. The van der Waals surface area contributed by atoms with E-state index in [0.29, 0.717) is 17.9 Å².